The maximum absolute atomic E-state index is 12.0. The lowest BCUT2D eigenvalue weighted by atomic mass is 10.1. The number of halogens is 1. The summed E-state index contributed by atoms with van der Waals surface area (Å²) in [5.41, 5.74) is 1.00. The fraction of sp³-hybridized carbons (Fsp3) is 0.562. The lowest BCUT2D eigenvalue weighted by molar-refractivity contribution is -0.124. The van der Waals surface area contributed by atoms with E-state index in [2.05, 4.69) is 32.6 Å². The Labute approximate surface area is 134 Å². The summed E-state index contributed by atoms with van der Waals surface area (Å²) in [5.74, 6) is 0.956. The quantitative estimate of drug-likeness (QED) is 0.873. The fourth-order valence-electron chi connectivity index (χ4n) is 2.28. The average Bonchev–Trinajstić information content (AvgIpc) is 2.75. The van der Waals surface area contributed by atoms with Crippen LogP contribution in [0.5, 0.6) is 5.75 Å². The number of carbonyl (C=O) groups excluding carboxylic acids is 1. The normalized spacial score (nSPS) is 18.8. The van der Waals surface area contributed by atoms with E-state index in [1.165, 1.54) is 5.56 Å². The van der Waals surface area contributed by atoms with Crippen LogP contribution >= 0.6 is 15.9 Å². The predicted octanol–water partition coefficient (Wildman–Crippen LogP) is 2.65. The van der Waals surface area contributed by atoms with Crippen molar-refractivity contribution in [2.75, 3.05) is 6.54 Å². The van der Waals surface area contributed by atoms with E-state index in [1.807, 2.05) is 39.8 Å². The summed E-state index contributed by atoms with van der Waals surface area (Å²) in [7, 11) is 0. The first kappa shape index (κ1) is 16.3. The highest BCUT2D eigenvalue weighted by Crippen LogP contribution is 2.30. The van der Waals surface area contributed by atoms with E-state index in [1.54, 1.807) is 0 Å². The van der Waals surface area contributed by atoms with Gasteiger partial charge in [-0.1, -0.05) is 15.9 Å². The zero-order chi connectivity index (χ0) is 15.6. The molecule has 5 heteroatoms. The van der Waals surface area contributed by atoms with Crippen LogP contribution in [0.1, 0.15) is 33.3 Å². The molecule has 1 aliphatic heterocycles. The van der Waals surface area contributed by atoms with Crippen LogP contribution in [0, 0.1) is 0 Å². The van der Waals surface area contributed by atoms with Gasteiger partial charge < -0.3 is 15.4 Å². The molecule has 21 heavy (non-hydrogen) atoms. The Morgan fingerprint density at radius 3 is 2.86 bits per heavy atom. The van der Waals surface area contributed by atoms with E-state index in [-0.39, 0.29) is 23.6 Å². The molecule has 1 amide bonds. The van der Waals surface area contributed by atoms with Gasteiger partial charge in [0.2, 0.25) is 5.91 Å². The zero-order valence-corrected chi connectivity index (χ0v) is 14.6. The maximum Gasteiger partial charge on any atom is 0.237 e. The van der Waals surface area contributed by atoms with E-state index in [0.29, 0.717) is 6.54 Å². The Morgan fingerprint density at radius 1 is 1.48 bits per heavy atom. The van der Waals surface area contributed by atoms with Gasteiger partial charge in [-0.05, 0) is 51.5 Å². The fourth-order valence-corrected chi connectivity index (χ4v) is 2.69. The number of hydrogen-bond acceptors (Lipinski definition) is 3. The molecule has 4 nitrogen and oxygen atoms in total. The molecule has 1 heterocycles. The van der Waals surface area contributed by atoms with Crippen LogP contribution in [0.4, 0.5) is 0 Å². The SMILES string of the molecule is CC(NCC1Cc2cc(Br)ccc2O1)C(=O)NC(C)(C)C. The van der Waals surface area contributed by atoms with Crippen LogP contribution in [-0.2, 0) is 11.2 Å². The molecule has 2 atom stereocenters. The summed E-state index contributed by atoms with van der Waals surface area (Å²) in [6.45, 7) is 8.47. The Kier molecular flexibility index (Phi) is 4.94. The molecule has 116 valence electrons. The van der Waals surface area contributed by atoms with Crippen molar-refractivity contribution in [1.82, 2.24) is 10.6 Å². The monoisotopic (exact) mass is 354 g/mol. The van der Waals surface area contributed by atoms with Crippen LogP contribution in [0.25, 0.3) is 0 Å². The summed E-state index contributed by atoms with van der Waals surface area (Å²) < 4.78 is 6.94. The van der Waals surface area contributed by atoms with Gasteiger partial charge in [-0.2, -0.15) is 0 Å². The van der Waals surface area contributed by atoms with Crippen LogP contribution in [0.3, 0.4) is 0 Å². The number of ether oxygens (including phenoxy) is 1. The van der Waals surface area contributed by atoms with Crippen molar-refractivity contribution >= 4 is 21.8 Å². The maximum atomic E-state index is 12.0. The third-order valence-corrected chi connectivity index (χ3v) is 3.80. The van der Waals surface area contributed by atoms with Crippen LogP contribution < -0.4 is 15.4 Å². The summed E-state index contributed by atoms with van der Waals surface area (Å²) in [6, 6.07) is 5.82. The van der Waals surface area contributed by atoms with E-state index < -0.39 is 0 Å². The van der Waals surface area contributed by atoms with E-state index >= 15 is 0 Å². The van der Waals surface area contributed by atoms with Crippen molar-refractivity contribution in [3.63, 3.8) is 0 Å². The van der Waals surface area contributed by atoms with Crippen molar-refractivity contribution in [3.05, 3.63) is 28.2 Å². The Morgan fingerprint density at radius 2 is 2.19 bits per heavy atom. The highest BCUT2D eigenvalue weighted by atomic mass is 79.9. The Bertz CT molecular complexity index is 525. The molecule has 1 aromatic rings. The van der Waals surface area contributed by atoms with Crippen molar-refractivity contribution in [2.24, 2.45) is 0 Å². The van der Waals surface area contributed by atoms with Gasteiger partial charge in [0.25, 0.3) is 0 Å². The second-order valence-corrected chi connectivity index (χ2v) is 7.48. The first-order valence-corrected chi connectivity index (χ1v) is 8.04. The number of benzene rings is 1. The van der Waals surface area contributed by atoms with Gasteiger partial charge in [0, 0.05) is 23.0 Å². The highest BCUT2D eigenvalue weighted by molar-refractivity contribution is 9.10. The second kappa shape index (κ2) is 6.36. The molecule has 0 saturated carbocycles. The van der Waals surface area contributed by atoms with Gasteiger partial charge in [-0.25, -0.2) is 0 Å². The van der Waals surface area contributed by atoms with Crippen LogP contribution in [0.2, 0.25) is 0 Å². The molecular formula is C16H23BrN2O2. The minimum absolute atomic E-state index is 0.0146. The molecule has 0 spiro atoms. The average molecular weight is 355 g/mol. The summed E-state index contributed by atoms with van der Waals surface area (Å²) in [4.78, 5) is 12.0. The van der Waals surface area contributed by atoms with Crippen molar-refractivity contribution < 1.29 is 9.53 Å². The van der Waals surface area contributed by atoms with Crippen molar-refractivity contribution in [3.8, 4) is 5.75 Å². The number of nitrogens with one attached hydrogen (secondary N) is 2. The molecule has 0 aliphatic carbocycles. The van der Waals surface area contributed by atoms with Gasteiger partial charge in [0.05, 0.1) is 6.04 Å². The zero-order valence-electron chi connectivity index (χ0n) is 13.0. The van der Waals surface area contributed by atoms with Gasteiger partial charge in [-0.3, -0.25) is 4.79 Å². The third-order valence-electron chi connectivity index (χ3n) is 3.31. The third kappa shape index (κ3) is 4.71. The van der Waals surface area contributed by atoms with Crippen LogP contribution in [0.15, 0.2) is 22.7 Å². The number of rotatable bonds is 4. The first-order valence-electron chi connectivity index (χ1n) is 7.25. The molecule has 0 radical (unpaired) electrons. The van der Waals surface area contributed by atoms with Gasteiger partial charge in [0.1, 0.15) is 11.9 Å². The van der Waals surface area contributed by atoms with Gasteiger partial charge >= 0.3 is 0 Å². The molecular weight excluding hydrogens is 332 g/mol. The molecule has 1 aliphatic rings. The molecule has 0 bridgehead atoms. The molecule has 2 N–H and O–H groups in total. The smallest absolute Gasteiger partial charge is 0.237 e. The minimum Gasteiger partial charge on any atom is -0.488 e. The number of carbonyl (C=O) groups is 1. The lowest BCUT2D eigenvalue weighted by Crippen LogP contribution is -2.51. The summed E-state index contributed by atoms with van der Waals surface area (Å²) in [6.07, 6.45) is 0.953. The molecule has 2 rings (SSSR count). The first-order chi connectivity index (χ1) is 9.74. The number of hydrogen-bond donors (Lipinski definition) is 2. The summed E-state index contributed by atoms with van der Waals surface area (Å²) in [5, 5.41) is 6.22. The Hall–Kier alpha value is -1.07. The molecule has 0 aromatic heterocycles. The Balaban J connectivity index is 1.81. The molecule has 0 fully saturated rings. The lowest BCUT2D eigenvalue weighted by Gasteiger charge is -2.24. The van der Waals surface area contributed by atoms with E-state index in [4.69, 9.17) is 4.74 Å². The highest BCUT2D eigenvalue weighted by Gasteiger charge is 2.25. The van der Waals surface area contributed by atoms with Crippen molar-refractivity contribution in [1.29, 1.82) is 0 Å². The topological polar surface area (TPSA) is 50.4 Å². The second-order valence-electron chi connectivity index (χ2n) is 6.57. The van der Waals surface area contributed by atoms with Crippen LogP contribution in [-0.4, -0.2) is 30.1 Å². The minimum atomic E-state index is -0.233. The standard InChI is InChI=1S/C16H23BrN2O2/c1-10(15(20)19-16(2,3)4)18-9-13-8-11-7-12(17)5-6-14(11)21-13/h5-7,10,13,18H,8-9H2,1-4H3,(H,19,20). The van der Waals surface area contributed by atoms with Crippen molar-refractivity contribution in [2.45, 2.75) is 51.8 Å². The van der Waals surface area contributed by atoms with E-state index in [9.17, 15) is 4.79 Å². The summed E-state index contributed by atoms with van der Waals surface area (Å²) >= 11 is 3.47. The molecule has 1 aromatic carbocycles. The molecule has 0 saturated heterocycles. The molecule has 2 unspecified atom stereocenters. The van der Waals surface area contributed by atoms with Gasteiger partial charge in [-0.15, -0.1) is 0 Å². The predicted molar refractivity (Wildman–Crippen MR) is 87.6 cm³/mol. The van der Waals surface area contributed by atoms with E-state index in [0.717, 1.165) is 16.6 Å². The van der Waals surface area contributed by atoms with Gasteiger partial charge in [0.15, 0.2) is 0 Å². The number of amides is 1. The largest absolute Gasteiger partial charge is 0.488 e. The number of fused-ring (bicyclic) bond motifs is 1.